The second-order valence-electron chi connectivity index (χ2n) is 9.52. The highest BCUT2D eigenvalue weighted by Crippen LogP contribution is 2.34. The molecule has 34 heavy (non-hydrogen) atoms. The number of aromatic nitrogens is 4. The third-order valence-electron chi connectivity index (χ3n) is 6.66. The van der Waals surface area contributed by atoms with Gasteiger partial charge in [0.2, 0.25) is 5.95 Å². The lowest BCUT2D eigenvalue weighted by Crippen LogP contribution is -2.23. The van der Waals surface area contributed by atoms with Crippen molar-refractivity contribution in [3.63, 3.8) is 0 Å². The summed E-state index contributed by atoms with van der Waals surface area (Å²) in [4.78, 5) is 20.2. The lowest BCUT2D eigenvalue weighted by atomic mass is 10.0. The molecule has 0 spiro atoms. The maximum Gasteiger partial charge on any atom is 0.404 e. The van der Waals surface area contributed by atoms with Crippen LogP contribution in [0.2, 0.25) is 0 Å². The Morgan fingerprint density at radius 2 is 2.12 bits per heavy atom. The van der Waals surface area contributed by atoms with Crippen LogP contribution >= 0.6 is 0 Å². The first-order valence-electron chi connectivity index (χ1n) is 12.2. The van der Waals surface area contributed by atoms with E-state index in [0.717, 1.165) is 60.9 Å². The van der Waals surface area contributed by atoms with Gasteiger partial charge in [-0.2, -0.15) is 5.10 Å². The van der Waals surface area contributed by atoms with E-state index in [4.69, 9.17) is 25.3 Å². The number of primary amides is 1. The van der Waals surface area contributed by atoms with E-state index < -0.39 is 6.09 Å². The van der Waals surface area contributed by atoms with Crippen LogP contribution in [0.5, 0.6) is 0 Å². The van der Waals surface area contributed by atoms with E-state index in [-0.39, 0.29) is 18.4 Å². The van der Waals surface area contributed by atoms with Gasteiger partial charge in [-0.05, 0) is 56.2 Å². The Labute approximate surface area is 199 Å². The van der Waals surface area contributed by atoms with Crippen molar-refractivity contribution in [3.8, 4) is 11.3 Å². The van der Waals surface area contributed by atoms with Crippen LogP contribution in [0.15, 0.2) is 30.5 Å². The largest absolute Gasteiger partial charge is 0.446 e. The predicted molar refractivity (Wildman–Crippen MR) is 129 cm³/mol. The zero-order valence-corrected chi connectivity index (χ0v) is 19.7. The quantitative estimate of drug-likeness (QED) is 0.541. The Morgan fingerprint density at radius 1 is 1.24 bits per heavy atom. The molecule has 1 amide bonds. The van der Waals surface area contributed by atoms with E-state index in [1.165, 1.54) is 5.69 Å². The molecule has 3 N–H and O–H groups in total. The third-order valence-corrected chi connectivity index (χ3v) is 6.66. The number of carbonyl (C=O) groups is 1. The van der Waals surface area contributed by atoms with Gasteiger partial charge in [-0.3, -0.25) is 0 Å². The van der Waals surface area contributed by atoms with E-state index in [1.54, 1.807) is 6.20 Å². The van der Waals surface area contributed by atoms with Crippen molar-refractivity contribution < 1.29 is 14.3 Å². The highest BCUT2D eigenvalue weighted by Gasteiger charge is 2.28. The van der Waals surface area contributed by atoms with Crippen molar-refractivity contribution in [2.45, 2.75) is 76.7 Å². The molecule has 180 valence electrons. The summed E-state index contributed by atoms with van der Waals surface area (Å²) >= 11 is 0. The van der Waals surface area contributed by atoms with Crippen molar-refractivity contribution in [1.82, 2.24) is 19.7 Å². The molecule has 0 radical (unpaired) electrons. The molecule has 5 rings (SSSR count). The summed E-state index contributed by atoms with van der Waals surface area (Å²) in [5.74, 6) is 0.879. The number of nitrogens with one attached hydrogen (secondary N) is 1. The summed E-state index contributed by atoms with van der Waals surface area (Å²) in [6.07, 6.45) is 6.52. The maximum absolute atomic E-state index is 11.0. The number of nitrogens with two attached hydrogens (primary N) is 1. The van der Waals surface area contributed by atoms with Crippen molar-refractivity contribution in [1.29, 1.82) is 0 Å². The first-order valence-corrected chi connectivity index (χ1v) is 12.2. The Kier molecular flexibility index (Phi) is 6.36. The van der Waals surface area contributed by atoms with Crippen molar-refractivity contribution in [2.75, 3.05) is 11.9 Å². The van der Waals surface area contributed by atoms with Crippen molar-refractivity contribution >= 4 is 22.9 Å². The Hall–Kier alpha value is -3.20. The minimum atomic E-state index is -0.724. The first kappa shape index (κ1) is 22.6. The standard InChI is InChI=1S/C25H32N6O3/c1-15(2)23-19-13-16(6-9-21(19)30-31(23)22-5-3-4-12-33-22)20-10-11-27-25(29-20)28-17-7-8-18(14-17)34-24(26)32/h6,9-11,13,15,17-18,22H,3-5,7-8,12,14H2,1-2H3,(H2,26,32)(H,27,28,29)/t17-,18-,22?/m0/s1. The molecule has 2 fully saturated rings. The number of benzene rings is 1. The van der Waals surface area contributed by atoms with Gasteiger partial charge in [0.15, 0.2) is 6.23 Å². The summed E-state index contributed by atoms with van der Waals surface area (Å²) in [5.41, 5.74) is 9.18. The molecular weight excluding hydrogens is 432 g/mol. The van der Waals surface area contributed by atoms with Gasteiger partial charge in [0.25, 0.3) is 0 Å². The number of rotatable bonds is 6. The number of amides is 1. The van der Waals surface area contributed by atoms with Gasteiger partial charge in [-0.15, -0.1) is 0 Å². The average Bonchev–Trinajstić information content (AvgIpc) is 3.43. The monoisotopic (exact) mass is 464 g/mol. The second kappa shape index (κ2) is 9.58. The van der Waals surface area contributed by atoms with E-state index in [1.807, 2.05) is 6.07 Å². The van der Waals surface area contributed by atoms with Gasteiger partial charge in [0, 0.05) is 36.2 Å². The Balaban J connectivity index is 1.40. The van der Waals surface area contributed by atoms with Crippen LogP contribution in [-0.2, 0) is 9.47 Å². The van der Waals surface area contributed by atoms with Crippen LogP contribution < -0.4 is 11.1 Å². The molecule has 3 heterocycles. The Bertz CT molecular complexity index is 1170. The molecule has 3 atom stereocenters. The number of anilines is 1. The summed E-state index contributed by atoms with van der Waals surface area (Å²) < 4.78 is 13.3. The molecule has 2 aliphatic rings. The molecular formula is C25H32N6O3. The number of hydrogen-bond acceptors (Lipinski definition) is 7. The molecule has 9 nitrogen and oxygen atoms in total. The topological polar surface area (TPSA) is 117 Å². The summed E-state index contributed by atoms with van der Waals surface area (Å²) in [6.45, 7) is 5.19. The van der Waals surface area contributed by atoms with E-state index in [9.17, 15) is 4.79 Å². The fraction of sp³-hybridized carbons (Fsp3) is 0.520. The minimum Gasteiger partial charge on any atom is -0.446 e. The van der Waals surface area contributed by atoms with Gasteiger partial charge in [0.1, 0.15) is 6.10 Å². The van der Waals surface area contributed by atoms with Crippen LogP contribution in [0.4, 0.5) is 10.7 Å². The predicted octanol–water partition coefficient (Wildman–Crippen LogP) is 4.74. The number of carbonyl (C=O) groups excluding carboxylic acids is 1. The molecule has 3 aromatic rings. The van der Waals surface area contributed by atoms with Crippen LogP contribution in [0.25, 0.3) is 22.2 Å². The van der Waals surface area contributed by atoms with Crippen LogP contribution in [0.1, 0.15) is 70.2 Å². The molecule has 1 aliphatic carbocycles. The number of ether oxygens (including phenoxy) is 2. The molecule has 2 aromatic heterocycles. The number of nitrogens with zero attached hydrogens (tertiary/aromatic N) is 4. The molecule has 1 aromatic carbocycles. The summed E-state index contributed by atoms with van der Waals surface area (Å²) in [5, 5.41) is 9.42. The van der Waals surface area contributed by atoms with Gasteiger partial charge in [-0.1, -0.05) is 19.9 Å². The minimum absolute atomic E-state index is 0.00522. The normalized spacial score (nSPS) is 22.9. The zero-order valence-electron chi connectivity index (χ0n) is 19.7. The molecule has 1 saturated carbocycles. The fourth-order valence-corrected chi connectivity index (χ4v) is 5.11. The lowest BCUT2D eigenvalue weighted by molar-refractivity contribution is -0.0410. The Morgan fingerprint density at radius 3 is 2.88 bits per heavy atom. The van der Waals surface area contributed by atoms with Gasteiger partial charge in [0.05, 0.1) is 16.9 Å². The highest BCUT2D eigenvalue weighted by atomic mass is 16.6. The summed E-state index contributed by atoms with van der Waals surface area (Å²) in [6, 6.07) is 8.36. The van der Waals surface area contributed by atoms with E-state index in [0.29, 0.717) is 18.3 Å². The van der Waals surface area contributed by atoms with Crippen molar-refractivity contribution in [3.05, 3.63) is 36.2 Å². The molecule has 1 unspecified atom stereocenters. The molecule has 1 aliphatic heterocycles. The summed E-state index contributed by atoms with van der Waals surface area (Å²) in [7, 11) is 0. The number of hydrogen-bond donors (Lipinski definition) is 2. The second-order valence-corrected chi connectivity index (χ2v) is 9.52. The van der Waals surface area contributed by atoms with E-state index in [2.05, 4.69) is 47.0 Å². The van der Waals surface area contributed by atoms with Gasteiger partial charge in [-0.25, -0.2) is 19.4 Å². The van der Waals surface area contributed by atoms with Gasteiger partial charge >= 0.3 is 6.09 Å². The SMILES string of the molecule is CC(C)c1c2cc(-c3ccnc(N[C@H]4CC[C@H](OC(N)=O)C4)n3)ccc2nn1C1CCCCO1. The molecule has 9 heteroatoms. The average molecular weight is 465 g/mol. The van der Waals surface area contributed by atoms with Gasteiger partial charge < -0.3 is 20.5 Å². The fourth-order valence-electron chi connectivity index (χ4n) is 5.11. The van der Waals surface area contributed by atoms with Crippen LogP contribution in [0.3, 0.4) is 0 Å². The van der Waals surface area contributed by atoms with E-state index >= 15 is 0 Å². The lowest BCUT2D eigenvalue weighted by Gasteiger charge is -2.25. The van der Waals surface area contributed by atoms with Crippen molar-refractivity contribution in [2.24, 2.45) is 5.73 Å². The van der Waals surface area contributed by atoms with Crippen LogP contribution in [-0.4, -0.2) is 44.6 Å². The smallest absolute Gasteiger partial charge is 0.404 e. The van der Waals surface area contributed by atoms with Crippen LogP contribution in [0, 0.1) is 0 Å². The number of fused-ring (bicyclic) bond motifs is 1. The maximum atomic E-state index is 11.0. The zero-order chi connectivity index (χ0) is 23.7. The highest BCUT2D eigenvalue weighted by molar-refractivity contribution is 5.86. The molecule has 1 saturated heterocycles. The third kappa shape index (κ3) is 4.70. The first-order chi connectivity index (χ1) is 16.5. The molecule has 0 bridgehead atoms.